The van der Waals surface area contributed by atoms with Gasteiger partial charge in [0.2, 0.25) is 5.91 Å². The molecule has 1 unspecified atom stereocenters. The van der Waals surface area contributed by atoms with Crippen LogP contribution in [0.2, 0.25) is 0 Å². The smallest absolute Gasteiger partial charge is 0.322 e. The molecule has 1 heterocycles. The van der Waals surface area contributed by atoms with E-state index in [2.05, 4.69) is 0 Å². The average Bonchev–Trinajstić information content (AvgIpc) is 2.20. The number of carbonyl (C=O) groups excluding carboxylic acids is 1. The largest absolute Gasteiger partial charge is 0.480 e. The van der Waals surface area contributed by atoms with Gasteiger partial charge in [-0.1, -0.05) is 13.8 Å². The summed E-state index contributed by atoms with van der Waals surface area (Å²) in [6.07, 6.45) is 0. The fourth-order valence-electron chi connectivity index (χ4n) is 1.43. The first kappa shape index (κ1) is 13.9. The molecule has 1 rings (SSSR count). The van der Waals surface area contributed by atoms with Crippen LogP contribution in [0.1, 0.15) is 20.8 Å². The molecule has 5 heteroatoms. The van der Waals surface area contributed by atoms with Crippen LogP contribution >= 0.6 is 0 Å². The summed E-state index contributed by atoms with van der Waals surface area (Å²) in [6, 6.07) is -0.558. The van der Waals surface area contributed by atoms with Crippen LogP contribution < -0.4 is 0 Å². The standard InChI is InChI=1S/C8H14N2O3.C2H6/c1-6(11)10-4-3-9(2)7(5-10)8(12)13;1-2/h7H,3-5H2,1-2H3,(H,12,13);1-2H3. The van der Waals surface area contributed by atoms with E-state index in [4.69, 9.17) is 5.11 Å². The van der Waals surface area contributed by atoms with Crippen molar-refractivity contribution >= 4 is 11.9 Å². The Bertz CT molecular complexity index is 231. The van der Waals surface area contributed by atoms with E-state index in [-0.39, 0.29) is 5.91 Å². The molecule has 0 aromatic carbocycles. The van der Waals surface area contributed by atoms with Crippen LogP contribution in [0.15, 0.2) is 0 Å². The molecule has 1 amide bonds. The summed E-state index contributed by atoms with van der Waals surface area (Å²) in [5, 5.41) is 8.83. The average molecular weight is 216 g/mol. The lowest BCUT2D eigenvalue weighted by molar-refractivity contribution is -0.147. The van der Waals surface area contributed by atoms with Crippen molar-refractivity contribution in [2.75, 3.05) is 26.7 Å². The quantitative estimate of drug-likeness (QED) is 0.683. The zero-order valence-electron chi connectivity index (χ0n) is 9.86. The lowest BCUT2D eigenvalue weighted by Crippen LogP contribution is -2.55. The number of likely N-dealkylation sites (N-methyl/N-ethyl adjacent to an activating group) is 1. The van der Waals surface area contributed by atoms with Gasteiger partial charge >= 0.3 is 5.97 Å². The molecule has 1 N–H and O–H groups in total. The SMILES string of the molecule is CC.CC(=O)N1CCN(C)C(C(=O)O)C1. The maximum absolute atomic E-state index is 11.0. The fourth-order valence-corrected chi connectivity index (χ4v) is 1.43. The van der Waals surface area contributed by atoms with Crippen molar-refractivity contribution in [3.05, 3.63) is 0 Å². The Morgan fingerprint density at radius 3 is 2.20 bits per heavy atom. The van der Waals surface area contributed by atoms with Gasteiger partial charge < -0.3 is 10.0 Å². The first-order valence-corrected chi connectivity index (χ1v) is 5.21. The molecule has 1 aliphatic heterocycles. The van der Waals surface area contributed by atoms with Gasteiger partial charge in [-0.05, 0) is 7.05 Å². The van der Waals surface area contributed by atoms with Gasteiger partial charge in [0.25, 0.3) is 0 Å². The van der Waals surface area contributed by atoms with Crippen LogP contribution in [-0.2, 0) is 9.59 Å². The Kier molecular flexibility index (Phi) is 5.93. The second kappa shape index (κ2) is 6.40. The number of hydrogen-bond donors (Lipinski definition) is 1. The number of rotatable bonds is 1. The van der Waals surface area contributed by atoms with Gasteiger partial charge in [0.05, 0.1) is 0 Å². The molecule has 1 aliphatic rings. The van der Waals surface area contributed by atoms with E-state index in [1.165, 1.54) is 6.92 Å². The van der Waals surface area contributed by atoms with Crippen LogP contribution in [-0.4, -0.2) is 59.5 Å². The highest BCUT2D eigenvalue weighted by molar-refractivity contribution is 5.77. The van der Waals surface area contributed by atoms with E-state index >= 15 is 0 Å². The molecular weight excluding hydrogens is 196 g/mol. The lowest BCUT2D eigenvalue weighted by Gasteiger charge is -2.36. The zero-order valence-corrected chi connectivity index (χ0v) is 9.86. The minimum Gasteiger partial charge on any atom is -0.480 e. The molecule has 1 atom stereocenters. The van der Waals surface area contributed by atoms with Gasteiger partial charge in [0.15, 0.2) is 0 Å². The minimum absolute atomic E-state index is 0.0562. The third-order valence-electron chi connectivity index (χ3n) is 2.38. The molecule has 0 saturated carbocycles. The Hall–Kier alpha value is -1.10. The van der Waals surface area contributed by atoms with Gasteiger partial charge in [0.1, 0.15) is 6.04 Å². The van der Waals surface area contributed by atoms with Gasteiger partial charge in [-0.3, -0.25) is 14.5 Å². The zero-order chi connectivity index (χ0) is 12.0. The molecule has 0 radical (unpaired) electrons. The van der Waals surface area contributed by atoms with Crippen molar-refractivity contribution < 1.29 is 14.7 Å². The van der Waals surface area contributed by atoms with Gasteiger partial charge in [-0.25, -0.2) is 0 Å². The number of hydrogen-bond acceptors (Lipinski definition) is 3. The highest BCUT2D eigenvalue weighted by Crippen LogP contribution is 2.07. The van der Waals surface area contributed by atoms with E-state index in [1.807, 2.05) is 13.8 Å². The molecule has 0 aromatic rings. The molecule has 0 aromatic heterocycles. The van der Waals surface area contributed by atoms with Crippen LogP contribution in [0.3, 0.4) is 0 Å². The highest BCUT2D eigenvalue weighted by atomic mass is 16.4. The third kappa shape index (κ3) is 3.87. The van der Waals surface area contributed by atoms with Crippen LogP contribution in [0.5, 0.6) is 0 Å². The number of carboxylic acid groups (broad SMARTS) is 1. The van der Waals surface area contributed by atoms with Crippen molar-refractivity contribution in [1.82, 2.24) is 9.80 Å². The van der Waals surface area contributed by atoms with Crippen LogP contribution in [0, 0.1) is 0 Å². The molecule has 0 aliphatic carbocycles. The summed E-state index contributed by atoms with van der Waals surface area (Å²) in [5.41, 5.74) is 0. The number of nitrogens with zero attached hydrogens (tertiary/aromatic N) is 2. The first-order valence-electron chi connectivity index (χ1n) is 5.21. The molecule has 0 spiro atoms. The topological polar surface area (TPSA) is 60.9 Å². The van der Waals surface area contributed by atoms with E-state index in [0.717, 1.165) is 0 Å². The number of aliphatic carboxylic acids is 1. The maximum Gasteiger partial charge on any atom is 0.322 e. The van der Waals surface area contributed by atoms with Crippen molar-refractivity contribution in [2.24, 2.45) is 0 Å². The van der Waals surface area contributed by atoms with Gasteiger partial charge in [-0.2, -0.15) is 0 Å². The van der Waals surface area contributed by atoms with Crippen molar-refractivity contribution in [2.45, 2.75) is 26.8 Å². The van der Waals surface area contributed by atoms with E-state index in [0.29, 0.717) is 19.6 Å². The van der Waals surface area contributed by atoms with E-state index in [1.54, 1.807) is 16.8 Å². The molecule has 15 heavy (non-hydrogen) atoms. The number of carbonyl (C=O) groups is 2. The summed E-state index contributed by atoms with van der Waals surface area (Å²) in [6.45, 7) is 7.00. The molecule has 1 fully saturated rings. The number of carboxylic acids is 1. The van der Waals surface area contributed by atoms with E-state index < -0.39 is 12.0 Å². The van der Waals surface area contributed by atoms with Crippen LogP contribution in [0.4, 0.5) is 0 Å². The summed E-state index contributed by atoms with van der Waals surface area (Å²) >= 11 is 0. The predicted octanol–water partition coefficient (Wildman–Crippen LogP) is 0.260. The second-order valence-electron chi connectivity index (χ2n) is 3.30. The monoisotopic (exact) mass is 216 g/mol. The Morgan fingerprint density at radius 2 is 1.80 bits per heavy atom. The minimum atomic E-state index is -0.867. The fraction of sp³-hybridized carbons (Fsp3) is 0.800. The Morgan fingerprint density at radius 1 is 1.27 bits per heavy atom. The normalized spacial score (nSPS) is 21.6. The van der Waals surface area contributed by atoms with Crippen LogP contribution in [0.25, 0.3) is 0 Å². The summed E-state index contributed by atoms with van der Waals surface area (Å²) in [4.78, 5) is 25.1. The molecule has 0 bridgehead atoms. The number of piperazine rings is 1. The second-order valence-corrected chi connectivity index (χ2v) is 3.30. The molecule has 1 saturated heterocycles. The van der Waals surface area contributed by atoms with E-state index in [9.17, 15) is 9.59 Å². The highest BCUT2D eigenvalue weighted by Gasteiger charge is 2.30. The summed E-state index contributed by atoms with van der Waals surface area (Å²) < 4.78 is 0. The molecule has 5 nitrogen and oxygen atoms in total. The van der Waals surface area contributed by atoms with Gasteiger partial charge in [0, 0.05) is 26.6 Å². The van der Waals surface area contributed by atoms with Gasteiger partial charge in [-0.15, -0.1) is 0 Å². The third-order valence-corrected chi connectivity index (χ3v) is 2.38. The molecular formula is C10H20N2O3. The Labute approximate surface area is 90.7 Å². The maximum atomic E-state index is 11.0. The van der Waals surface area contributed by atoms with Crippen molar-refractivity contribution in [3.8, 4) is 0 Å². The predicted molar refractivity (Wildman–Crippen MR) is 57.7 cm³/mol. The van der Waals surface area contributed by atoms with Crippen molar-refractivity contribution in [3.63, 3.8) is 0 Å². The van der Waals surface area contributed by atoms with Crippen molar-refractivity contribution in [1.29, 1.82) is 0 Å². The Balaban J connectivity index is 0.000000921. The summed E-state index contributed by atoms with van der Waals surface area (Å²) in [7, 11) is 1.76. The first-order chi connectivity index (χ1) is 7.02. The lowest BCUT2D eigenvalue weighted by atomic mass is 10.2. The number of amides is 1. The molecule has 88 valence electrons. The summed E-state index contributed by atoms with van der Waals surface area (Å²) in [5.74, 6) is -0.923.